The molecule has 0 spiro atoms. The van der Waals surface area contributed by atoms with E-state index in [0.29, 0.717) is 25.1 Å². The summed E-state index contributed by atoms with van der Waals surface area (Å²) < 4.78 is 6.01. The van der Waals surface area contributed by atoms with E-state index >= 15 is 0 Å². The van der Waals surface area contributed by atoms with Crippen LogP contribution in [0.5, 0.6) is 5.75 Å². The lowest BCUT2D eigenvalue weighted by Crippen LogP contribution is -2.34. The number of carbonyl (C=O) groups is 2. The van der Waals surface area contributed by atoms with Crippen LogP contribution < -0.4 is 10.1 Å². The molecule has 0 atom stereocenters. The molecule has 3 aromatic rings. The molecule has 0 fully saturated rings. The topological polar surface area (TPSA) is 75.6 Å². The molecule has 0 saturated heterocycles. The predicted octanol–water partition coefficient (Wildman–Crippen LogP) is 8.82. The molecule has 0 radical (unpaired) electrons. The van der Waals surface area contributed by atoms with Gasteiger partial charge in [-0.05, 0) is 91.5 Å². The minimum Gasteiger partial charge on any atom is -0.494 e. The van der Waals surface area contributed by atoms with Crippen molar-refractivity contribution in [1.82, 2.24) is 0 Å². The lowest BCUT2D eigenvalue weighted by atomic mass is 9.79. The van der Waals surface area contributed by atoms with Crippen LogP contribution in [0.1, 0.15) is 88.0 Å². The molecule has 0 saturated carbocycles. The summed E-state index contributed by atoms with van der Waals surface area (Å²) in [5, 5.41) is 12.5. The lowest BCUT2D eigenvalue weighted by molar-refractivity contribution is -0.151. The van der Waals surface area contributed by atoms with E-state index in [-0.39, 0.29) is 12.3 Å². The Hall–Kier alpha value is -3.86. The lowest BCUT2D eigenvalue weighted by Gasteiger charge is -2.25. The highest BCUT2D eigenvalue weighted by atomic mass is 16.5. The molecule has 0 aliphatic carbocycles. The first kappa shape index (κ1) is 31.7. The van der Waals surface area contributed by atoms with Crippen LogP contribution in [0.2, 0.25) is 0 Å². The van der Waals surface area contributed by atoms with E-state index in [0.717, 1.165) is 36.1 Å². The average molecular weight is 556 g/mol. The molecular weight excluding hydrogens is 510 g/mol. The fourth-order valence-corrected chi connectivity index (χ4v) is 4.89. The first-order valence-electron chi connectivity index (χ1n) is 15.0. The number of carboxylic acids is 1. The Balaban J connectivity index is 1.47. The molecule has 0 unspecified atom stereocenters. The third-order valence-corrected chi connectivity index (χ3v) is 7.77. The number of hydrogen-bond acceptors (Lipinski definition) is 3. The Bertz CT molecular complexity index is 1270. The summed E-state index contributed by atoms with van der Waals surface area (Å²) in [4.78, 5) is 24.4. The summed E-state index contributed by atoms with van der Waals surface area (Å²) in [6, 6.07) is 24.6. The number of benzene rings is 3. The fourth-order valence-electron chi connectivity index (χ4n) is 4.89. The van der Waals surface area contributed by atoms with Gasteiger partial charge in [0.25, 0.3) is 0 Å². The second kappa shape index (κ2) is 16.4. The zero-order chi connectivity index (χ0) is 29.5. The van der Waals surface area contributed by atoms with Crippen molar-refractivity contribution in [3.05, 3.63) is 95.1 Å². The number of unbranched alkanes of at least 4 members (excludes halogenated alkanes) is 2. The monoisotopic (exact) mass is 555 g/mol. The van der Waals surface area contributed by atoms with Crippen LogP contribution in [-0.4, -0.2) is 23.6 Å². The summed E-state index contributed by atoms with van der Waals surface area (Å²) >= 11 is 0. The summed E-state index contributed by atoms with van der Waals surface area (Å²) in [6.07, 6.45) is 11.6. The summed E-state index contributed by atoms with van der Waals surface area (Å²) in [5.41, 5.74) is 4.38. The number of aryl methyl sites for hydroxylation is 2. The van der Waals surface area contributed by atoms with Gasteiger partial charge in [-0.25, -0.2) is 0 Å². The molecule has 218 valence electrons. The van der Waals surface area contributed by atoms with Crippen molar-refractivity contribution in [2.45, 2.75) is 78.6 Å². The highest BCUT2D eigenvalue weighted by molar-refractivity contribution is 5.94. The zero-order valence-electron chi connectivity index (χ0n) is 24.8. The Kier molecular flexibility index (Phi) is 12.7. The molecule has 41 heavy (non-hydrogen) atoms. The van der Waals surface area contributed by atoms with Crippen molar-refractivity contribution in [3.63, 3.8) is 0 Å². The SMILES string of the molecule is CCCCc1ccc(CCCCOc2cccc(/C=C/c3cccc(NC(=O)CC(CC)(CC)C(=O)O)c3)c2)cc1. The summed E-state index contributed by atoms with van der Waals surface area (Å²) in [6.45, 7) is 6.53. The largest absolute Gasteiger partial charge is 0.494 e. The van der Waals surface area contributed by atoms with Gasteiger partial charge in [-0.15, -0.1) is 0 Å². The van der Waals surface area contributed by atoms with Gasteiger partial charge in [0.15, 0.2) is 0 Å². The maximum atomic E-state index is 12.6. The smallest absolute Gasteiger partial charge is 0.310 e. The molecular formula is C36H45NO4. The number of carboxylic acid groups (broad SMARTS) is 1. The van der Waals surface area contributed by atoms with Crippen molar-refractivity contribution in [3.8, 4) is 5.75 Å². The van der Waals surface area contributed by atoms with Crippen molar-refractivity contribution >= 4 is 29.7 Å². The number of aliphatic carboxylic acids is 1. The van der Waals surface area contributed by atoms with Crippen molar-refractivity contribution in [1.29, 1.82) is 0 Å². The second-order valence-corrected chi connectivity index (χ2v) is 10.8. The molecule has 5 heteroatoms. The molecule has 0 aromatic heterocycles. The van der Waals surface area contributed by atoms with Crippen LogP contribution in [0.25, 0.3) is 12.2 Å². The van der Waals surface area contributed by atoms with Crippen LogP contribution in [0, 0.1) is 5.41 Å². The van der Waals surface area contributed by atoms with E-state index in [1.165, 1.54) is 30.4 Å². The third-order valence-electron chi connectivity index (χ3n) is 7.77. The van der Waals surface area contributed by atoms with Crippen LogP contribution in [-0.2, 0) is 22.4 Å². The van der Waals surface area contributed by atoms with E-state index in [1.807, 2.05) is 74.5 Å². The maximum Gasteiger partial charge on any atom is 0.310 e. The van der Waals surface area contributed by atoms with Gasteiger partial charge in [-0.2, -0.15) is 0 Å². The first-order chi connectivity index (χ1) is 19.9. The van der Waals surface area contributed by atoms with Gasteiger partial charge >= 0.3 is 5.97 Å². The normalized spacial score (nSPS) is 11.5. The van der Waals surface area contributed by atoms with Gasteiger partial charge in [0.05, 0.1) is 12.0 Å². The van der Waals surface area contributed by atoms with Gasteiger partial charge in [0.1, 0.15) is 5.75 Å². The van der Waals surface area contributed by atoms with Crippen LogP contribution in [0.4, 0.5) is 5.69 Å². The first-order valence-corrected chi connectivity index (χ1v) is 15.0. The van der Waals surface area contributed by atoms with E-state index < -0.39 is 11.4 Å². The van der Waals surface area contributed by atoms with Crippen molar-refractivity contribution in [2.75, 3.05) is 11.9 Å². The highest BCUT2D eigenvalue weighted by Crippen LogP contribution is 2.31. The number of nitrogens with one attached hydrogen (secondary N) is 1. The highest BCUT2D eigenvalue weighted by Gasteiger charge is 2.37. The van der Waals surface area contributed by atoms with Crippen LogP contribution in [0.3, 0.4) is 0 Å². The van der Waals surface area contributed by atoms with E-state index in [1.54, 1.807) is 0 Å². The average Bonchev–Trinajstić information content (AvgIpc) is 2.98. The Morgan fingerprint density at radius 2 is 1.41 bits per heavy atom. The molecule has 5 nitrogen and oxygen atoms in total. The fraction of sp³-hybridized carbons (Fsp3) is 0.389. The summed E-state index contributed by atoms with van der Waals surface area (Å²) in [7, 11) is 0. The minimum atomic E-state index is -1.03. The molecule has 0 aliphatic rings. The number of carbonyl (C=O) groups excluding carboxylic acids is 1. The molecule has 0 bridgehead atoms. The van der Waals surface area contributed by atoms with Crippen molar-refractivity contribution < 1.29 is 19.4 Å². The second-order valence-electron chi connectivity index (χ2n) is 10.8. The number of ether oxygens (including phenoxy) is 1. The Morgan fingerprint density at radius 1 is 0.805 bits per heavy atom. The van der Waals surface area contributed by atoms with E-state index in [9.17, 15) is 14.7 Å². The summed E-state index contributed by atoms with van der Waals surface area (Å²) in [5.74, 6) is -0.367. The molecule has 3 rings (SSSR count). The zero-order valence-corrected chi connectivity index (χ0v) is 24.8. The van der Waals surface area contributed by atoms with Gasteiger partial charge in [-0.1, -0.05) is 87.9 Å². The van der Waals surface area contributed by atoms with E-state index in [4.69, 9.17) is 4.74 Å². The van der Waals surface area contributed by atoms with Crippen molar-refractivity contribution in [2.24, 2.45) is 5.41 Å². The number of anilines is 1. The number of hydrogen-bond donors (Lipinski definition) is 2. The molecule has 1 amide bonds. The Labute approximate surface area is 245 Å². The predicted molar refractivity (Wildman–Crippen MR) is 169 cm³/mol. The Morgan fingerprint density at radius 3 is 2.02 bits per heavy atom. The van der Waals surface area contributed by atoms with Gasteiger partial charge in [0.2, 0.25) is 5.91 Å². The van der Waals surface area contributed by atoms with Gasteiger partial charge < -0.3 is 15.2 Å². The molecule has 3 aromatic carbocycles. The molecule has 0 heterocycles. The molecule has 2 N–H and O–H groups in total. The third kappa shape index (κ3) is 10.2. The van der Waals surface area contributed by atoms with Gasteiger partial charge in [0, 0.05) is 12.1 Å². The van der Waals surface area contributed by atoms with E-state index in [2.05, 4.69) is 36.5 Å². The maximum absolute atomic E-state index is 12.6. The van der Waals surface area contributed by atoms with Crippen LogP contribution >= 0.6 is 0 Å². The minimum absolute atomic E-state index is 0.0472. The number of amides is 1. The van der Waals surface area contributed by atoms with Gasteiger partial charge in [-0.3, -0.25) is 9.59 Å². The molecule has 0 aliphatic heterocycles. The number of rotatable bonds is 17. The standard InChI is InChI=1S/C36H45NO4/c1-4-7-12-28-18-20-29(21-19-28)13-8-9-24-41-33-17-11-15-31(26-33)23-22-30-14-10-16-32(25-30)37-34(38)27-36(5-2,6-3)35(39)40/h10-11,14-23,25-26H,4-9,12-13,24,27H2,1-3H3,(H,37,38)(H,39,40)/b23-22+. The quantitative estimate of drug-likeness (QED) is 0.129. The van der Waals surface area contributed by atoms with Crippen LogP contribution in [0.15, 0.2) is 72.8 Å².